The molecule has 0 amide bonds. The van der Waals surface area contributed by atoms with Crippen LogP contribution >= 0.6 is 11.6 Å². The van der Waals surface area contributed by atoms with E-state index >= 15 is 0 Å². The number of hydrogen-bond acceptors (Lipinski definition) is 4. The van der Waals surface area contributed by atoms with Gasteiger partial charge in [0.2, 0.25) is 0 Å². The second-order valence-corrected chi connectivity index (χ2v) is 5.98. The molecule has 0 aliphatic carbocycles. The number of aromatic nitrogens is 1. The van der Waals surface area contributed by atoms with Crippen LogP contribution in [0.4, 0.5) is 0 Å². The van der Waals surface area contributed by atoms with Crippen LogP contribution in [-0.2, 0) is 17.7 Å². The van der Waals surface area contributed by atoms with Gasteiger partial charge in [-0.25, -0.2) is 4.79 Å². The largest absolute Gasteiger partial charge is 0.493 e. The highest BCUT2D eigenvalue weighted by Gasteiger charge is 2.25. The fourth-order valence-corrected chi connectivity index (χ4v) is 3.26. The van der Waals surface area contributed by atoms with Crippen LogP contribution in [0.1, 0.15) is 29.4 Å². The molecule has 0 radical (unpaired) electrons. The minimum Gasteiger partial charge on any atom is -0.493 e. The van der Waals surface area contributed by atoms with Crippen molar-refractivity contribution < 1.29 is 14.3 Å². The van der Waals surface area contributed by atoms with Gasteiger partial charge in [-0.1, -0.05) is 11.6 Å². The van der Waals surface area contributed by atoms with Crippen molar-refractivity contribution in [3.05, 3.63) is 50.9 Å². The molecule has 3 rings (SSSR count). The van der Waals surface area contributed by atoms with Gasteiger partial charge in [0.1, 0.15) is 5.75 Å². The summed E-state index contributed by atoms with van der Waals surface area (Å²) in [7, 11) is 1.34. The van der Waals surface area contributed by atoms with E-state index in [-0.39, 0.29) is 5.56 Å². The number of carbonyl (C=O) groups is 1. The second kappa shape index (κ2) is 6.69. The Labute approximate surface area is 144 Å². The third kappa shape index (κ3) is 2.80. The molecule has 2 aromatic rings. The lowest BCUT2D eigenvalue weighted by Gasteiger charge is -2.14. The quantitative estimate of drug-likeness (QED) is 0.796. The molecule has 5 nitrogen and oxygen atoms in total. The number of benzene rings is 1. The van der Waals surface area contributed by atoms with Gasteiger partial charge in [0.15, 0.2) is 0 Å². The zero-order valence-corrected chi connectivity index (χ0v) is 14.4. The lowest BCUT2D eigenvalue weighted by atomic mass is 10.0. The van der Waals surface area contributed by atoms with Gasteiger partial charge in [-0.15, -0.1) is 0 Å². The number of pyridine rings is 1. The average Bonchev–Trinajstić information content (AvgIpc) is 3.07. The Morgan fingerprint density at radius 3 is 2.79 bits per heavy atom. The Morgan fingerprint density at radius 2 is 2.08 bits per heavy atom. The first-order chi connectivity index (χ1) is 11.6. The molecule has 2 heterocycles. The molecule has 0 unspecified atom stereocenters. The van der Waals surface area contributed by atoms with Gasteiger partial charge in [-0.2, -0.15) is 0 Å². The summed E-state index contributed by atoms with van der Waals surface area (Å²) in [5, 5.41) is 0.498. The van der Waals surface area contributed by atoms with E-state index in [2.05, 4.69) is 0 Å². The van der Waals surface area contributed by atoms with Gasteiger partial charge >= 0.3 is 5.97 Å². The van der Waals surface area contributed by atoms with Crippen LogP contribution in [0.15, 0.2) is 29.1 Å². The number of hydrogen-bond donors (Lipinski definition) is 0. The normalized spacial score (nSPS) is 12.8. The maximum Gasteiger partial charge on any atom is 0.339 e. The third-order valence-corrected chi connectivity index (χ3v) is 4.37. The van der Waals surface area contributed by atoms with E-state index < -0.39 is 5.97 Å². The van der Waals surface area contributed by atoms with Crippen LogP contribution in [0, 0.1) is 0 Å². The Kier molecular flexibility index (Phi) is 4.62. The number of rotatable bonds is 4. The number of methoxy groups -OCH3 is 1. The molecule has 0 spiro atoms. The molecule has 1 aromatic carbocycles. The molecular weight excluding hydrogens is 330 g/mol. The van der Waals surface area contributed by atoms with Gasteiger partial charge in [-0.3, -0.25) is 4.79 Å². The summed E-state index contributed by atoms with van der Waals surface area (Å²) >= 11 is 6.11. The average molecular weight is 348 g/mol. The van der Waals surface area contributed by atoms with Crippen LogP contribution in [-0.4, -0.2) is 24.3 Å². The summed E-state index contributed by atoms with van der Waals surface area (Å²) in [6.45, 7) is 2.93. The van der Waals surface area contributed by atoms with Gasteiger partial charge in [0.05, 0.1) is 24.8 Å². The van der Waals surface area contributed by atoms with E-state index in [9.17, 15) is 9.59 Å². The molecule has 1 aliphatic heterocycles. The molecule has 0 saturated carbocycles. The van der Waals surface area contributed by atoms with Crippen LogP contribution in [0.2, 0.25) is 5.02 Å². The summed E-state index contributed by atoms with van der Waals surface area (Å²) < 4.78 is 12.2. The molecule has 0 fully saturated rings. The first-order valence-corrected chi connectivity index (χ1v) is 8.22. The first-order valence-electron chi connectivity index (χ1n) is 7.84. The van der Waals surface area contributed by atoms with Gasteiger partial charge in [-0.05, 0) is 44.0 Å². The van der Waals surface area contributed by atoms with Crippen LogP contribution in [0.3, 0.4) is 0 Å². The molecule has 126 valence electrons. The molecule has 1 aromatic heterocycles. The zero-order valence-electron chi connectivity index (χ0n) is 13.6. The maximum absolute atomic E-state index is 12.9. The van der Waals surface area contributed by atoms with Crippen LogP contribution in [0.5, 0.6) is 5.75 Å². The number of fused-ring (bicyclic) bond motifs is 1. The van der Waals surface area contributed by atoms with Crippen molar-refractivity contribution in [1.29, 1.82) is 0 Å². The van der Waals surface area contributed by atoms with E-state index in [1.165, 1.54) is 7.11 Å². The van der Waals surface area contributed by atoms with Crippen LogP contribution in [0.25, 0.3) is 11.1 Å². The Morgan fingerprint density at radius 1 is 1.29 bits per heavy atom. The van der Waals surface area contributed by atoms with E-state index in [0.717, 1.165) is 12.1 Å². The Hall–Kier alpha value is -2.27. The summed E-state index contributed by atoms with van der Waals surface area (Å²) in [5.74, 6) is 0.121. The van der Waals surface area contributed by atoms with Crippen molar-refractivity contribution in [2.75, 3.05) is 13.7 Å². The standard InChI is InChI=1S/C18H18ClNO4/c1-3-24-16-7-6-11(19)9-12(16)13-10-14(18(22)23-2)15-5-4-8-20(15)17(13)21/h6-7,9-10H,3-5,8H2,1-2H3. The zero-order chi connectivity index (χ0) is 17.3. The minimum absolute atomic E-state index is 0.140. The fourth-order valence-electron chi connectivity index (χ4n) is 3.09. The molecule has 6 heteroatoms. The molecule has 0 atom stereocenters. The molecule has 0 bridgehead atoms. The number of halogens is 1. The van der Waals surface area contributed by atoms with Crippen molar-refractivity contribution in [3.63, 3.8) is 0 Å². The van der Waals surface area contributed by atoms with E-state index in [1.807, 2.05) is 6.92 Å². The predicted molar refractivity (Wildman–Crippen MR) is 92.0 cm³/mol. The highest BCUT2D eigenvalue weighted by atomic mass is 35.5. The van der Waals surface area contributed by atoms with E-state index in [1.54, 1.807) is 28.8 Å². The predicted octanol–water partition coefficient (Wildman–Crippen LogP) is 3.30. The highest BCUT2D eigenvalue weighted by molar-refractivity contribution is 6.31. The monoisotopic (exact) mass is 347 g/mol. The third-order valence-electron chi connectivity index (χ3n) is 4.13. The molecule has 0 N–H and O–H groups in total. The van der Waals surface area contributed by atoms with Crippen molar-refractivity contribution in [3.8, 4) is 16.9 Å². The van der Waals surface area contributed by atoms with Gasteiger partial charge < -0.3 is 14.0 Å². The van der Waals surface area contributed by atoms with Crippen molar-refractivity contribution in [2.24, 2.45) is 0 Å². The first kappa shape index (κ1) is 16.6. The fraction of sp³-hybridized carbons (Fsp3) is 0.333. The SMILES string of the molecule is CCOc1ccc(Cl)cc1-c1cc(C(=O)OC)c2n(c1=O)CCC2. The van der Waals surface area contributed by atoms with Gasteiger partial charge in [0, 0.05) is 22.8 Å². The molecule has 1 aliphatic rings. The highest BCUT2D eigenvalue weighted by Crippen LogP contribution is 2.33. The van der Waals surface area contributed by atoms with Gasteiger partial charge in [0.25, 0.3) is 5.56 Å². The smallest absolute Gasteiger partial charge is 0.339 e. The van der Waals surface area contributed by atoms with Crippen molar-refractivity contribution >= 4 is 17.6 Å². The van der Waals surface area contributed by atoms with E-state index in [4.69, 9.17) is 21.1 Å². The lowest BCUT2D eigenvalue weighted by molar-refractivity contribution is 0.0598. The second-order valence-electron chi connectivity index (χ2n) is 5.54. The Balaban J connectivity index is 2.28. The molecule has 24 heavy (non-hydrogen) atoms. The minimum atomic E-state index is -0.443. The number of ether oxygens (including phenoxy) is 2. The summed E-state index contributed by atoms with van der Waals surface area (Å²) in [5.41, 5.74) is 2.00. The maximum atomic E-state index is 12.9. The summed E-state index contributed by atoms with van der Waals surface area (Å²) in [4.78, 5) is 25.1. The number of carbonyl (C=O) groups excluding carboxylic acids is 1. The number of esters is 1. The van der Waals surface area contributed by atoms with Crippen LogP contribution < -0.4 is 10.3 Å². The topological polar surface area (TPSA) is 57.5 Å². The summed E-state index contributed by atoms with van der Waals surface area (Å²) in [6.07, 6.45) is 1.52. The van der Waals surface area contributed by atoms with E-state index in [0.29, 0.717) is 47.0 Å². The Bertz CT molecular complexity index is 857. The molecule has 0 saturated heterocycles. The van der Waals surface area contributed by atoms with Crippen molar-refractivity contribution in [2.45, 2.75) is 26.3 Å². The summed E-state index contributed by atoms with van der Waals surface area (Å²) in [6, 6.07) is 6.73. The molecular formula is C18H18ClNO4. The number of nitrogens with zero attached hydrogens (tertiary/aromatic N) is 1. The van der Waals surface area contributed by atoms with Crippen molar-refractivity contribution in [1.82, 2.24) is 4.57 Å². The lowest BCUT2D eigenvalue weighted by Crippen LogP contribution is -2.24.